The first-order chi connectivity index (χ1) is 9.69. The summed E-state index contributed by atoms with van der Waals surface area (Å²) in [4.78, 5) is 22.5. The van der Waals surface area contributed by atoms with E-state index in [1.165, 1.54) is 18.2 Å². The van der Waals surface area contributed by atoms with Gasteiger partial charge in [0.2, 0.25) is 0 Å². The third-order valence-electron chi connectivity index (χ3n) is 2.38. The molecule has 0 atom stereocenters. The maximum Gasteiger partial charge on any atom is 0.389 e. The molecule has 116 valence electrons. The van der Waals surface area contributed by atoms with Crippen molar-refractivity contribution in [1.29, 1.82) is 0 Å². The third-order valence-corrected chi connectivity index (χ3v) is 2.88. The fourth-order valence-electron chi connectivity index (χ4n) is 1.46. The fraction of sp³-hybridized carbons (Fsp3) is 0.333. The molecule has 0 radical (unpaired) electrons. The van der Waals surface area contributed by atoms with Gasteiger partial charge in [0.1, 0.15) is 0 Å². The maximum atomic E-state index is 11.9. The van der Waals surface area contributed by atoms with E-state index in [0.717, 1.165) is 0 Å². The number of rotatable bonds is 5. The number of hydrogen-bond donors (Lipinski definition) is 3. The van der Waals surface area contributed by atoms with Crippen LogP contribution in [0.2, 0.25) is 0 Å². The largest absolute Gasteiger partial charge is 0.478 e. The Morgan fingerprint density at radius 1 is 1.29 bits per heavy atom. The molecule has 0 aliphatic heterocycles. The smallest absolute Gasteiger partial charge is 0.389 e. The van der Waals surface area contributed by atoms with Gasteiger partial charge in [0.25, 0.3) is 0 Å². The predicted molar refractivity (Wildman–Crippen MR) is 73.4 cm³/mol. The Kier molecular flexibility index (Phi) is 6.01. The highest BCUT2D eigenvalue weighted by Crippen LogP contribution is 2.22. The highest BCUT2D eigenvalue weighted by Gasteiger charge is 2.26. The standard InChI is InChI=1S/C12H12BrF3N2O3/c13-7-2-3-9(8(6-7)10(19)20)18-11(21)17-5-1-4-12(14,15)16/h2-3,6H,1,4-5H2,(H,19,20)(H2,17,18,21). The average Bonchev–Trinajstić information content (AvgIpc) is 2.35. The number of carbonyl (C=O) groups is 2. The molecule has 1 aromatic carbocycles. The number of carboxylic acids is 1. The number of anilines is 1. The van der Waals surface area contributed by atoms with Gasteiger partial charge in [-0.05, 0) is 24.6 Å². The number of urea groups is 1. The first-order valence-corrected chi connectivity index (χ1v) is 6.63. The number of carbonyl (C=O) groups excluding carboxylic acids is 1. The van der Waals surface area contributed by atoms with Crippen LogP contribution in [0.25, 0.3) is 0 Å². The van der Waals surface area contributed by atoms with Crippen LogP contribution in [0.15, 0.2) is 22.7 Å². The van der Waals surface area contributed by atoms with Crippen molar-refractivity contribution in [3.63, 3.8) is 0 Å². The van der Waals surface area contributed by atoms with Crippen molar-refractivity contribution >= 4 is 33.6 Å². The summed E-state index contributed by atoms with van der Waals surface area (Å²) in [5, 5.41) is 13.5. The van der Waals surface area contributed by atoms with E-state index in [9.17, 15) is 22.8 Å². The molecule has 1 aromatic rings. The molecule has 0 fully saturated rings. The third kappa shape index (κ3) is 6.48. The van der Waals surface area contributed by atoms with Crippen LogP contribution in [0, 0.1) is 0 Å². The van der Waals surface area contributed by atoms with E-state index >= 15 is 0 Å². The van der Waals surface area contributed by atoms with Crippen LogP contribution in [0.3, 0.4) is 0 Å². The minimum Gasteiger partial charge on any atom is -0.478 e. The summed E-state index contributed by atoms with van der Waals surface area (Å²) in [7, 11) is 0. The second-order valence-corrected chi connectivity index (χ2v) is 5.01. The zero-order chi connectivity index (χ0) is 16.0. The molecule has 0 heterocycles. The molecule has 9 heteroatoms. The number of halogens is 4. The van der Waals surface area contributed by atoms with Crippen molar-refractivity contribution < 1.29 is 27.9 Å². The number of nitrogens with one attached hydrogen (secondary N) is 2. The van der Waals surface area contributed by atoms with Crippen LogP contribution in [-0.4, -0.2) is 29.8 Å². The van der Waals surface area contributed by atoms with E-state index in [-0.39, 0.29) is 24.2 Å². The van der Waals surface area contributed by atoms with Crippen molar-refractivity contribution in [3.05, 3.63) is 28.2 Å². The minimum atomic E-state index is -4.26. The van der Waals surface area contributed by atoms with Crippen LogP contribution < -0.4 is 10.6 Å². The maximum absolute atomic E-state index is 11.9. The number of alkyl halides is 3. The molecular formula is C12H12BrF3N2O3. The van der Waals surface area contributed by atoms with E-state index in [0.29, 0.717) is 4.47 Å². The highest BCUT2D eigenvalue weighted by atomic mass is 79.9. The van der Waals surface area contributed by atoms with E-state index in [4.69, 9.17) is 5.11 Å². The Morgan fingerprint density at radius 2 is 1.95 bits per heavy atom. The van der Waals surface area contributed by atoms with Crippen molar-refractivity contribution in [1.82, 2.24) is 5.32 Å². The van der Waals surface area contributed by atoms with Gasteiger partial charge < -0.3 is 15.7 Å². The monoisotopic (exact) mass is 368 g/mol. The van der Waals surface area contributed by atoms with Crippen molar-refractivity contribution in [2.24, 2.45) is 0 Å². The average molecular weight is 369 g/mol. The molecule has 0 unspecified atom stereocenters. The Morgan fingerprint density at radius 3 is 2.52 bits per heavy atom. The summed E-state index contributed by atoms with van der Waals surface area (Å²) in [5.74, 6) is -1.23. The fourth-order valence-corrected chi connectivity index (χ4v) is 1.82. The summed E-state index contributed by atoms with van der Waals surface area (Å²) in [6.45, 7) is -0.162. The summed E-state index contributed by atoms with van der Waals surface area (Å²) in [6.07, 6.45) is -5.50. The summed E-state index contributed by atoms with van der Waals surface area (Å²) in [5.41, 5.74) is -0.0752. The topological polar surface area (TPSA) is 78.4 Å². The van der Waals surface area contributed by atoms with Crippen molar-refractivity contribution in [2.45, 2.75) is 19.0 Å². The quantitative estimate of drug-likeness (QED) is 0.694. The molecular weight excluding hydrogens is 357 g/mol. The second kappa shape index (κ2) is 7.30. The van der Waals surface area contributed by atoms with Crippen molar-refractivity contribution in [3.8, 4) is 0 Å². The zero-order valence-electron chi connectivity index (χ0n) is 10.6. The van der Waals surface area contributed by atoms with Gasteiger partial charge in [-0.25, -0.2) is 9.59 Å². The van der Waals surface area contributed by atoms with Crippen LogP contribution in [0.4, 0.5) is 23.7 Å². The lowest BCUT2D eigenvalue weighted by molar-refractivity contribution is -0.135. The van der Waals surface area contributed by atoms with E-state index < -0.39 is 24.6 Å². The van der Waals surface area contributed by atoms with Gasteiger partial charge >= 0.3 is 18.2 Å². The molecule has 2 amide bonds. The Balaban J connectivity index is 2.54. The molecule has 0 saturated heterocycles. The summed E-state index contributed by atoms with van der Waals surface area (Å²) >= 11 is 3.10. The molecule has 3 N–H and O–H groups in total. The predicted octanol–water partition coefficient (Wildman–Crippen LogP) is 3.61. The van der Waals surface area contributed by atoms with E-state index in [1.54, 1.807) is 0 Å². The second-order valence-electron chi connectivity index (χ2n) is 4.09. The van der Waals surface area contributed by atoms with Gasteiger partial charge in [-0.3, -0.25) is 0 Å². The minimum absolute atomic E-state index is 0.0546. The molecule has 1 rings (SSSR count). The summed E-state index contributed by atoms with van der Waals surface area (Å²) < 4.78 is 36.2. The van der Waals surface area contributed by atoms with Crippen LogP contribution in [-0.2, 0) is 0 Å². The van der Waals surface area contributed by atoms with E-state index in [1.807, 2.05) is 0 Å². The number of amides is 2. The van der Waals surface area contributed by atoms with Gasteiger partial charge in [-0.15, -0.1) is 0 Å². The SMILES string of the molecule is O=C(NCCCC(F)(F)F)Nc1ccc(Br)cc1C(=O)O. The number of aromatic carboxylic acids is 1. The summed E-state index contributed by atoms with van der Waals surface area (Å²) in [6, 6.07) is 3.46. The Bertz CT molecular complexity index is 535. The van der Waals surface area contributed by atoms with Crippen LogP contribution in [0.5, 0.6) is 0 Å². The molecule has 0 aliphatic carbocycles. The van der Waals surface area contributed by atoms with Gasteiger partial charge in [-0.1, -0.05) is 15.9 Å². The van der Waals surface area contributed by atoms with Crippen molar-refractivity contribution in [2.75, 3.05) is 11.9 Å². The molecule has 0 aliphatic rings. The molecule has 0 aromatic heterocycles. The molecule has 0 bridgehead atoms. The molecule has 0 saturated carbocycles. The first-order valence-electron chi connectivity index (χ1n) is 5.83. The lowest BCUT2D eigenvalue weighted by atomic mass is 10.2. The number of benzene rings is 1. The van der Waals surface area contributed by atoms with E-state index in [2.05, 4.69) is 26.6 Å². The van der Waals surface area contributed by atoms with Gasteiger partial charge in [0, 0.05) is 17.4 Å². The Labute approximate surface area is 126 Å². The van der Waals surface area contributed by atoms with Gasteiger partial charge in [0.15, 0.2) is 0 Å². The van der Waals surface area contributed by atoms with Gasteiger partial charge in [-0.2, -0.15) is 13.2 Å². The molecule has 5 nitrogen and oxygen atoms in total. The molecule has 0 spiro atoms. The molecule has 21 heavy (non-hydrogen) atoms. The first kappa shape index (κ1) is 17.3. The Hall–Kier alpha value is -1.77. The normalized spacial score (nSPS) is 11.0. The van der Waals surface area contributed by atoms with Crippen LogP contribution >= 0.6 is 15.9 Å². The number of hydrogen-bond acceptors (Lipinski definition) is 2. The zero-order valence-corrected chi connectivity index (χ0v) is 12.2. The lowest BCUT2D eigenvalue weighted by Crippen LogP contribution is -2.30. The van der Waals surface area contributed by atoms with Gasteiger partial charge in [0.05, 0.1) is 11.3 Å². The lowest BCUT2D eigenvalue weighted by Gasteiger charge is -2.11. The van der Waals surface area contributed by atoms with Crippen LogP contribution in [0.1, 0.15) is 23.2 Å². The highest BCUT2D eigenvalue weighted by molar-refractivity contribution is 9.10. The number of carboxylic acid groups (broad SMARTS) is 1.